The molecule has 2 atom stereocenters. The van der Waals surface area contributed by atoms with Crippen LogP contribution in [0.3, 0.4) is 0 Å². The van der Waals surface area contributed by atoms with E-state index in [-0.39, 0.29) is 6.54 Å². The summed E-state index contributed by atoms with van der Waals surface area (Å²) in [5.41, 5.74) is 0.869. The van der Waals surface area contributed by atoms with Gasteiger partial charge in [0.1, 0.15) is 17.2 Å². The van der Waals surface area contributed by atoms with Crippen molar-refractivity contribution in [3.63, 3.8) is 0 Å². The Balaban J connectivity index is 1.71. The van der Waals surface area contributed by atoms with E-state index in [0.29, 0.717) is 36.2 Å². The molecule has 0 bridgehead atoms. The van der Waals surface area contributed by atoms with Crippen molar-refractivity contribution in [3.05, 3.63) is 35.5 Å². The minimum Gasteiger partial charge on any atom is -0.478 e. The summed E-state index contributed by atoms with van der Waals surface area (Å²) in [5, 5.41) is 11.6. The average molecular weight is 429 g/mol. The van der Waals surface area contributed by atoms with Crippen LogP contribution in [0, 0.1) is 6.92 Å². The maximum Gasteiger partial charge on any atom is 0.411 e. The summed E-state index contributed by atoms with van der Waals surface area (Å²) in [7, 11) is 1.31. The molecular weight excluding hydrogens is 400 g/mol. The molecule has 2 unspecified atom stereocenters. The van der Waals surface area contributed by atoms with E-state index >= 15 is 0 Å². The van der Waals surface area contributed by atoms with Crippen LogP contribution in [-0.2, 0) is 20.7 Å². The zero-order valence-electron chi connectivity index (χ0n) is 18.6. The highest BCUT2D eigenvalue weighted by Gasteiger charge is 2.54. The van der Waals surface area contributed by atoms with Gasteiger partial charge < -0.3 is 14.2 Å². The SMILES string of the molecule is COC(=O)C1CC2(CCc3c(c(C)[n+](O)c4ccccc34)O2)CN1C(=O)OC(C)(C)C. The van der Waals surface area contributed by atoms with Gasteiger partial charge in [0.05, 0.1) is 19.0 Å². The number of rotatable bonds is 1. The first-order chi connectivity index (χ1) is 14.6. The number of nitrogens with zero attached hydrogens (tertiary/aromatic N) is 2. The van der Waals surface area contributed by atoms with Gasteiger partial charge in [0.25, 0.3) is 11.2 Å². The molecule has 0 saturated carbocycles. The lowest BCUT2D eigenvalue weighted by Gasteiger charge is -2.35. The summed E-state index contributed by atoms with van der Waals surface area (Å²) in [6, 6.07) is 6.84. The second-order valence-corrected chi connectivity index (χ2v) is 9.36. The minimum absolute atomic E-state index is 0.207. The first-order valence-electron chi connectivity index (χ1n) is 10.5. The number of methoxy groups -OCH3 is 1. The molecule has 1 spiro atoms. The number of ether oxygens (including phenoxy) is 3. The molecule has 8 nitrogen and oxygen atoms in total. The standard InChI is InChI=1S/C23H29N2O6/c1-14-19-16(15-8-6-7-9-17(15)25(14)28)10-11-23(30-19)12-18(20(26)29-5)24(13-23)21(27)31-22(2,3)4/h6-9,18,28H,10-13H2,1-5H3/q+1. The summed E-state index contributed by atoms with van der Waals surface area (Å²) < 4.78 is 18.1. The van der Waals surface area contributed by atoms with E-state index in [1.807, 2.05) is 24.3 Å². The number of fused-ring (bicyclic) bond motifs is 3. The van der Waals surface area contributed by atoms with E-state index in [4.69, 9.17) is 14.2 Å². The second-order valence-electron chi connectivity index (χ2n) is 9.36. The number of hydrogen-bond donors (Lipinski definition) is 1. The molecule has 2 aliphatic heterocycles. The van der Waals surface area contributed by atoms with Crippen molar-refractivity contribution in [3.8, 4) is 5.75 Å². The van der Waals surface area contributed by atoms with Crippen LogP contribution in [0.25, 0.3) is 10.9 Å². The van der Waals surface area contributed by atoms with Gasteiger partial charge in [-0.15, -0.1) is 0 Å². The Hall–Kier alpha value is -3.03. The second kappa shape index (κ2) is 7.28. The van der Waals surface area contributed by atoms with Gasteiger partial charge >= 0.3 is 12.1 Å². The summed E-state index contributed by atoms with van der Waals surface area (Å²) >= 11 is 0. The van der Waals surface area contributed by atoms with E-state index in [0.717, 1.165) is 15.7 Å². The molecule has 0 radical (unpaired) electrons. The number of benzene rings is 1. The van der Waals surface area contributed by atoms with Crippen LogP contribution in [-0.4, -0.2) is 53.1 Å². The lowest BCUT2D eigenvalue weighted by atomic mass is 9.87. The molecular formula is C23H29N2O6+. The van der Waals surface area contributed by atoms with Gasteiger partial charge in [-0.3, -0.25) is 10.1 Å². The number of carbonyl (C=O) groups excluding carboxylic acids is 2. The van der Waals surface area contributed by atoms with Crippen LogP contribution in [0.5, 0.6) is 5.75 Å². The third kappa shape index (κ3) is 3.64. The van der Waals surface area contributed by atoms with E-state index in [1.165, 1.54) is 12.0 Å². The molecule has 2 aromatic rings. The number of aromatic nitrogens is 1. The van der Waals surface area contributed by atoms with Gasteiger partial charge in [0.15, 0.2) is 5.75 Å². The molecule has 1 aromatic heterocycles. The highest BCUT2D eigenvalue weighted by molar-refractivity contribution is 5.84. The van der Waals surface area contributed by atoms with E-state index < -0.39 is 29.3 Å². The Bertz CT molecular complexity index is 1060. The predicted molar refractivity (Wildman–Crippen MR) is 111 cm³/mol. The van der Waals surface area contributed by atoms with Crippen molar-refractivity contribution in [1.82, 2.24) is 4.90 Å². The fourth-order valence-corrected chi connectivity index (χ4v) is 4.60. The third-order valence-corrected chi connectivity index (χ3v) is 6.03. The predicted octanol–water partition coefficient (Wildman–Crippen LogP) is 2.92. The molecule has 8 heteroatoms. The third-order valence-electron chi connectivity index (χ3n) is 6.03. The highest BCUT2D eigenvalue weighted by atomic mass is 16.6. The quantitative estimate of drug-likeness (QED) is 0.426. The van der Waals surface area contributed by atoms with Crippen molar-refractivity contribution >= 4 is 23.0 Å². The number of para-hydroxylation sites is 1. The van der Waals surface area contributed by atoms with Gasteiger partial charge in [-0.25, -0.2) is 9.59 Å². The first kappa shape index (κ1) is 21.2. The van der Waals surface area contributed by atoms with E-state index in [9.17, 15) is 14.8 Å². The fraction of sp³-hybridized carbons (Fsp3) is 0.522. The van der Waals surface area contributed by atoms with E-state index in [1.54, 1.807) is 27.7 Å². The largest absolute Gasteiger partial charge is 0.478 e. The highest BCUT2D eigenvalue weighted by Crippen LogP contribution is 2.44. The number of amides is 1. The maximum absolute atomic E-state index is 12.9. The summed E-state index contributed by atoms with van der Waals surface area (Å²) in [6.07, 6.45) is 1.07. The molecule has 0 aliphatic carbocycles. The van der Waals surface area contributed by atoms with Gasteiger partial charge in [0, 0.05) is 29.7 Å². The summed E-state index contributed by atoms with van der Waals surface area (Å²) in [4.78, 5) is 26.8. The average Bonchev–Trinajstić information content (AvgIpc) is 3.09. The summed E-state index contributed by atoms with van der Waals surface area (Å²) in [5.74, 6) is 0.103. The van der Waals surface area contributed by atoms with Gasteiger partial charge in [0.2, 0.25) is 0 Å². The molecule has 1 saturated heterocycles. The monoisotopic (exact) mass is 429 g/mol. The Morgan fingerprint density at radius 1 is 1.29 bits per heavy atom. The molecule has 1 N–H and O–H groups in total. The number of carbonyl (C=O) groups is 2. The number of pyridine rings is 1. The normalized spacial score (nSPS) is 22.9. The first-order valence-corrected chi connectivity index (χ1v) is 10.5. The zero-order valence-corrected chi connectivity index (χ0v) is 18.6. The van der Waals surface area contributed by atoms with Crippen molar-refractivity contribution < 1.29 is 33.7 Å². The Morgan fingerprint density at radius 3 is 2.68 bits per heavy atom. The zero-order chi connectivity index (χ0) is 22.6. The van der Waals surface area contributed by atoms with Gasteiger partial charge in [-0.1, -0.05) is 12.1 Å². The van der Waals surface area contributed by atoms with Crippen LogP contribution < -0.4 is 9.47 Å². The molecule has 2 aliphatic rings. The number of aryl methyl sites for hydroxylation is 1. The number of hydrogen-bond acceptors (Lipinski definition) is 6. The molecule has 3 heterocycles. The van der Waals surface area contributed by atoms with Crippen LogP contribution in [0.15, 0.2) is 24.3 Å². The number of esters is 1. The number of likely N-dealkylation sites (tertiary alicyclic amines) is 1. The maximum atomic E-state index is 12.9. The topological polar surface area (TPSA) is 89.2 Å². The molecule has 4 rings (SSSR count). The molecule has 1 fully saturated rings. The Labute approximate surface area is 181 Å². The van der Waals surface area contributed by atoms with E-state index in [2.05, 4.69) is 0 Å². The van der Waals surface area contributed by atoms with Crippen molar-refractivity contribution in [2.45, 2.75) is 64.2 Å². The lowest BCUT2D eigenvalue weighted by Crippen LogP contribution is -2.47. The van der Waals surface area contributed by atoms with Gasteiger partial charge in [-0.2, -0.15) is 0 Å². The van der Waals surface area contributed by atoms with Crippen LogP contribution in [0.2, 0.25) is 0 Å². The van der Waals surface area contributed by atoms with Crippen LogP contribution >= 0.6 is 0 Å². The van der Waals surface area contributed by atoms with Crippen LogP contribution in [0.1, 0.15) is 44.9 Å². The van der Waals surface area contributed by atoms with Crippen molar-refractivity contribution in [1.29, 1.82) is 0 Å². The molecule has 1 aromatic carbocycles. The van der Waals surface area contributed by atoms with Crippen LogP contribution in [0.4, 0.5) is 4.79 Å². The fourth-order valence-electron chi connectivity index (χ4n) is 4.60. The van der Waals surface area contributed by atoms with Gasteiger partial charge in [-0.05, 0) is 39.7 Å². The molecule has 1 amide bonds. The smallest absolute Gasteiger partial charge is 0.411 e. The minimum atomic E-state index is -0.789. The summed E-state index contributed by atoms with van der Waals surface area (Å²) in [6.45, 7) is 7.35. The lowest BCUT2D eigenvalue weighted by molar-refractivity contribution is -0.888. The molecule has 166 valence electrons. The van der Waals surface area contributed by atoms with Crippen molar-refractivity contribution in [2.75, 3.05) is 13.7 Å². The van der Waals surface area contributed by atoms with Crippen molar-refractivity contribution in [2.24, 2.45) is 0 Å². The molecule has 31 heavy (non-hydrogen) atoms. The Kier molecular flexibility index (Phi) is 4.98. The Morgan fingerprint density at radius 2 is 2.00 bits per heavy atom.